The van der Waals surface area contributed by atoms with Crippen LogP contribution in [0.3, 0.4) is 0 Å². The number of rotatable bonds is 1. The molecule has 0 N–H and O–H groups in total. The second-order valence-electron chi connectivity index (χ2n) is 3.59. The number of hydrogen-bond acceptors (Lipinski definition) is 0. The van der Waals surface area contributed by atoms with Crippen LogP contribution in [0, 0.1) is 0 Å². The van der Waals surface area contributed by atoms with E-state index in [0.29, 0.717) is 10.6 Å². The lowest BCUT2D eigenvalue weighted by Crippen LogP contribution is -2.28. The first-order chi connectivity index (χ1) is 6.46. The maximum absolute atomic E-state index is 12.6. The Morgan fingerprint density at radius 2 is 1.57 bits per heavy atom. The van der Waals surface area contributed by atoms with Crippen LogP contribution in [0.5, 0.6) is 0 Å². The molecule has 4 heteroatoms. The summed E-state index contributed by atoms with van der Waals surface area (Å²) in [7, 11) is 0. The molecule has 1 aliphatic carbocycles. The fourth-order valence-electron chi connectivity index (χ4n) is 1.63. The largest absolute Gasteiger partial charge is 0.398 e. The molecule has 0 saturated heterocycles. The first-order valence-corrected chi connectivity index (χ1v) is 4.66. The summed E-state index contributed by atoms with van der Waals surface area (Å²) in [6.07, 6.45) is -3.75. The highest BCUT2D eigenvalue weighted by Gasteiger charge is 2.64. The Balaban J connectivity index is 2.36. The molecule has 0 bridgehead atoms. The van der Waals surface area contributed by atoms with Crippen molar-refractivity contribution < 1.29 is 13.2 Å². The van der Waals surface area contributed by atoms with E-state index in [1.807, 2.05) is 0 Å². The van der Waals surface area contributed by atoms with Crippen LogP contribution in [0.15, 0.2) is 24.3 Å². The van der Waals surface area contributed by atoms with E-state index < -0.39 is 11.6 Å². The summed E-state index contributed by atoms with van der Waals surface area (Å²) in [5.41, 5.74) is -1.26. The van der Waals surface area contributed by atoms with Gasteiger partial charge in [-0.15, -0.1) is 0 Å². The van der Waals surface area contributed by atoms with Crippen LogP contribution in [0.2, 0.25) is 5.02 Å². The van der Waals surface area contributed by atoms with Crippen molar-refractivity contribution in [1.29, 1.82) is 0 Å². The minimum Gasteiger partial charge on any atom is -0.170 e. The van der Waals surface area contributed by atoms with Gasteiger partial charge in [0.2, 0.25) is 0 Å². The molecule has 1 saturated carbocycles. The number of hydrogen-bond donors (Lipinski definition) is 0. The fraction of sp³-hybridized carbons (Fsp3) is 0.400. The third-order valence-corrected chi connectivity index (χ3v) is 2.94. The van der Waals surface area contributed by atoms with Gasteiger partial charge in [0.1, 0.15) is 0 Å². The third-order valence-electron chi connectivity index (χ3n) is 2.69. The molecule has 0 heterocycles. The number of halogens is 4. The molecule has 14 heavy (non-hydrogen) atoms. The average molecular weight is 221 g/mol. The lowest BCUT2D eigenvalue weighted by atomic mass is 9.95. The summed E-state index contributed by atoms with van der Waals surface area (Å²) >= 11 is 5.62. The molecular weight excluding hydrogens is 213 g/mol. The van der Waals surface area contributed by atoms with Crippen LogP contribution < -0.4 is 0 Å². The minimum absolute atomic E-state index is 0.193. The molecule has 0 radical (unpaired) electrons. The van der Waals surface area contributed by atoms with Gasteiger partial charge in [-0.2, -0.15) is 13.2 Å². The lowest BCUT2D eigenvalue weighted by Gasteiger charge is -2.19. The molecule has 0 aliphatic heterocycles. The molecule has 1 aromatic rings. The van der Waals surface area contributed by atoms with Crippen LogP contribution >= 0.6 is 11.6 Å². The van der Waals surface area contributed by atoms with E-state index in [0.717, 1.165) is 0 Å². The maximum Gasteiger partial charge on any atom is 0.398 e. The maximum atomic E-state index is 12.6. The van der Waals surface area contributed by atoms with Crippen LogP contribution in [-0.4, -0.2) is 6.18 Å². The summed E-state index contributed by atoms with van der Waals surface area (Å²) in [4.78, 5) is 0. The molecular formula is C10H8ClF3. The van der Waals surface area contributed by atoms with Crippen molar-refractivity contribution >= 4 is 11.6 Å². The Morgan fingerprint density at radius 3 is 1.93 bits per heavy atom. The highest BCUT2D eigenvalue weighted by molar-refractivity contribution is 6.30. The fourth-order valence-corrected chi connectivity index (χ4v) is 1.76. The number of benzene rings is 1. The molecule has 0 nitrogen and oxygen atoms in total. The molecule has 1 fully saturated rings. The van der Waals surface area contributed by atoms with Crippen LogP contribution in [0.25, 0.3) is 0 Å². The molecule has 1 aromatic carbocycles. The van der Waals surface area contributed by atoms with Crippen LogP contribution in [-0.2, 0) is 5.41 Å². The Morgan fingerprint density at radius 1 is 1.07 bits per heavy atom. The summed E-state index contributed by atoms with van der Waals surface area (Å²) in [6, 6.07) is 5.93. The van der Waals surface area contributed by atoms with Gasteiger partial charge in [0.25, 0.3) is 0 Å². The van der Waals surface area contributed by atoms with Crippen molar-refractivity contribution in [2.45, 2.75) is 24.4 Å². The summed E-state index contributed by atoms with van der Waals surface area (Å²) < 4.78 is 37.9. The van der Waals surface area contributed by atoms with E-state index >= 15 is 0 Å². The molecule has 0 amide bonds. The van der Waals surface area contributed by atoms with E-state index in [1.165, 1.54) is 24.3 Å². The minimum atomic E-state index is -4.14. The van der Waals surface area contributed by atoms with Crippen LogP contribution in [0.4, 0.5) is 13.2 Å². The zero-order chi connectivity index (χ0) is 10.4. The van der Waals surface area contributed by atoms with Gasteiger partial charge in [-0.1, -0.05) is 23.7 Å². The van der Waals surface area contributed by atoms with Gasteiger partial charge in [0.15, 0.2) is 0 Å². The first kappa shape index (κ1) is 9.84. The van der Waals surface area contributed by atoms with Gasteiger partial charge < -0.3 is 0 Å². The Labute approximate surface area is 84.7 Å². The van der Waals surface area contributed by atoms with E-state index in [2.05, 4.69) is 0 Å². The predicted molar refractivity (Wildman–Crippen MR) is 48.4 cm³/mol. The van der Waals surface area contributed by atoms with Crippen molar-refractivity contribution in [2.24, 2.45) is 0 Å². The molecule has 1 aliphatic rings. The van der Waals surface area contributed by atoms with Gasteiger partial charge in [0, 0.05) is 5.02 Å². The SMILES string of the molecule is FC(F)(F)C1(c2ccc(Cl)cc2)CC1. The van der Waals surface area contributed by atoms with Gasteiger partial charge >= 0.3 is 6.18 Å². The Bertz CT molecular complexity index is 335. The zero-order valence-electron chi connectivity index (χ0n) is 7.24. The Kier molecular flexibility index (Phi) is 2.03. The van der Waals surface area contributed by atoms with Crippen molar-refractivity contribution in [1.82, 2.24) is 0 Å². The normalized spacial score (nSPS) is 19.4. The molecule has 0 unspecified atom stereocenters. The monoisotopic (exact) mass is 220 g/mol. The summed E-state index contributed by atoms with van der Waals surface area (Å²) in [6.45, 7) is 0. The molecule has 0 spiro atoms. The molecule has 76 valence electrons. The molecule has 0 atom stereocenters. The first-order valence-electron chi connectivity index (χ1n) is 4.28. The van der Waals surface area contributed by atoms with Crippen molar-refractivity contribution in [2.75, 3.05) is 0 Å². The van der Waals surface area contributed by atoms with Crippen molar-refractivity contribution in [3.05, 3.63) is 34.9 Å². The quantitative estimate of drug-likeness (QED) is 0.673. The van der Waals surface area contributed by atoms with Gasteiger partial charge in [0.05, 0.1) is 5.41 Å². The van der Waals surface area contributed by atoms with Crippen LogP contribution in [0.1, 0.15) is 18.4 Å². The molecule has 2 rings (SSSR count). The standard InChI is InChI=1S/C10H8ClF3/c11-8-3-1-7(2-4-8)9(5-6-9)10(12,13)14/h1-4H,5-6H2. The smallest absolute Gasteiger partial charge is 0.170 e. The number of alkyl halides is 3. The average Bonchev–Trinajstić information content (AvgIpc) is 2.84. The van der Waals surface area contributed by atoms with Crippen molar-refractivity contribution in [3.63, 3.8) is 0 Å². The lowest BCUT2D eigenvalue weighted by molar-refractivity contribution is -0.160. The predicted octanol–water partition coefficient (Wildman–Crippen LogP) is 3.93. The second-order valence-corrected chi connectivity index (χ2v) is 4.02. The summed E-state index contributed by atoms with van der Waals surface area (Å²) in [5, 5.41) is 0.465. The van der Waals surface area contributed by atoms with Gasteiger partial charge in [-0.05, 0) is 30.5 Å². The zero-order valence-corrected chi connectivity index (χ0v) is 7.99. The van der Waals surface area contributed by atoms with Gasteiger partial charge in [-0.3, -0.25) is 0 Å². The highest BCUT2D eigenvalue weighted by atomic mass is 35.5. The third kappa shape index (κ3) is 1.40. The van der Waals surface area contributed by atoms with Gasteiger partial charge in [-0.25, -0.2) is 0 Å². The Hall–Kier alpha value is -0.700. The summed E-state index contributed by atoms with van der Waals surface area (Å²) in [5.74, 6) is 0. The van der Waals surface area contributed by atoms with Crippen molar-refractivity contribution in [3.8, 4) is 0 Å². The van der Waals surface area contributed by atoms with E-state index in [1.54, 1.807) is 0 Å². The van der Waals surface area contributed by atoms with E-state index in [-0.39, 0.29) is 12.8 Å². The second kappa shape index (κ2) is 2.89. The van der Waals surface area contributed by atoms with E-state index in [9.17, 15) is 13.2 Å². The molecule has 0 aromatic heterocycles. The van der Waals surface area contributed by atoms with E-state index in [4.69, 9.17) is 11.6 Å². The highest BCUT2D eigenvalue weighted by Crippen LogP contribution is 2.58. The topological polar surface area (TPSA) is 0 Å².